The Bertz CT molecular complexity index is 579. The van der Waals surface area contributed by atoms with Crippen molar-refractivity contribution in [2.24, 2.45) is 0 Å². The molecule has 1 atom stereocenters. The Labute approximate surface area is 110 Å². The number of hydrogen-bond acceptors (Lipinski definition) is 5. The number of nitriles is 1. The molecule has 0 fully saturated rings. The van der Waals surface area contributed by atoms with Gasteiger partial charge < -0.3 is 0 Å². The van der Waals surface area contributed by atoms with Crippen LogP contribution in [0.3, 0.4) is 0 Å². The molecule has 0 saturated heterocycles. The predicted octanol–water partition coefficient (Wildman–Crippen LogP) is 2.28. The van der Waals surface area contributed by atoms with Crippen LogP contribution in [0.5, 0.6) is 0 Å². The van der Waals surface area contributed by atoms with E-state index in [2.05, 4.69) is 21.6 Å². The third-order valence-corrected chi connectivity index (χ3v) is 3.48. The Morgan fingerprint density at radius 3 is 2.61 bits per heavy atom. The molecule has 0 N–H and O–H groups in total. The van der Waals surface area contributed by atoms with Crippen LogP contribution in [-0.4, -0.2) is 25.5 Å². The zero-order chi connectivity index (χ0) is 13.1. The second-order valence-electron chi connectivity index (χ2n) is 4.00. The fraction of sp³-hybridized carbons (Fsp3) is 0.333. The summed E-state index contributed by atoms with van der Waals surface area (Å²) >= 11 is 1.35. The Morgan fingerprint density at radius 2 is 2.00 bits per heavy atom. The van der Waals surface area contributed by atoms with Gasteiger partial charge in [-0.05, 0) is 42.3 Å². The van der Waals surface area contributed by atoms with E-state index in [4.69, 9.17) is 5.26 Å². The van der Waals surface area contributed by atoms with Crippen LogP contribution in [0, 0.1) is 25.2 Å². The molecule has 0 aliphatic carbocycles. The molecule has 2 aromatic rings. The Morgan fingerprint density at radius 1 is 1.33 bits per heavy atom. The van der Waals surface area contributed by atoms with E-state index in [1.165, 1.54) is 11.8 Å². The van der Waals surface area contributed by atoms with Gasteiger partial charge in [-0.3, -0.25) is 0 Å². The highest BCUT2D eigenvalue weighted by atomic mass is 32.2. The van der Waals surface area contributed by atoms with Gasteiger partial charge in [0.1, 0.15) is 0 Å². The van der Waals surface area contributed by atoms with Gasteiger partial charge in [0.25, 0.3) is 0 Å². The van der Waals surface area contributed by atoms with Gasteiger partial charge in [0.05, 0.1) is 17.0 Å². The second-order valence-corrected chi connectivity index (χ2v) is 5.31. The first-order chi connectivity index (χ1) is 8.63. The van der Waals surface area contributed by atoms with Gasteiger partial charge in [0.15, 0.2) is 0 Å². The molecule has 0 unspecified atom stereocenters. The zero-order valence-electron chi connectivity index (χ0n) is 10.5. The number of nitrogens with zero attached hydrogens (tertiary/aromatic N) is 5. The highest BCUT2D eigenvalue weighted by molar-refractivity contribution is 8.00. The predicted molar refractivity (Wildman–Crippen MR) is 69.6 cm³/mol. The number of hydrogen-bond donors (Lipinski definition) is 0. The van der Waals surface area contributed by atoms with E-state index in [-0.39, 0.29) is 5.25 Å². The SMILES string of the molecule is Cc1cccc(C)c1-n1nnnc1S[C@H](C)C#N. The minimum absolute atomic E-state index is 0.181. The lowest BCUT2D eigenvalue weighted by atomic mass is 10.1. The average Bonchev–Trinajstić information content (AvgIpc) is 2.77. The first-order valence-electron chi connectivity index (χ1n) is 5.54. The van der Waals surface area contributed by atoms with Crippen LogP contribution in [0.15, 0.2) is 23.4 Å². The van der Waals surface area contributed by atoms with Crippen molar-refractivity contribution in [1.82, 2.24) is 20.2 Å². The summed E-state index contributed by atoms with van der Waals surface area (Å²) in [6.07, 6.45) is 0. The molecule has 6 heteroatoms. The molecule has 1 aromatic carbocycles. The van der Waals surface area contributed by atoms with E-state index in [1.54, 1.807) is 4.68 Å². The molecule has 5 nitrogen and oxygen atoms in total. The van der Waals surface area contributed by atoms with Gasteiger partial charge in [-0.1, -0.05) is 30.0 Å². The number of thioether (sulfide) groups is 1. The normalized spacial score (nSPS) is 12.1. The number of tetrazole rings is 1. The van der Waals surface area contributed by atoms with Crippen LogP contribution >= 0.6 is 11.8 Å². The van der Waals surface area contributed by atoms with Crippen LogP contribution in [0.1, 0.15) is 18.1 Å². The minimum Gasteiger partial charge on any atom is -0.197 e. The van der Waals surface area contributed by atoms with Crippen molar-refractivity contribution in [2.45, 2.75) is 31.2 Å². The molecule has 1 heterocycles. The van der Waals surface area contributed by atoms with E-state index in [1.807, 2.05) is 39.0 Å². The summed E-state index contributed by atoms with van der Waals surface area (Å²) in [5.41, 5.74) is 3.19. The van der Waals surface area contributed by atoms with Gasteiger partial charge in [-0.2, -0.15) is 9.94 Å². The highest BCUT2D eigenvalue weighted by Gasteiger charge is 2.15. The molecule has 0 spiro atoms. The van der Waals surface area contributed by atoms with E-state index in [9.17, 15) is 0 Å². The van der Waals surface area contributed by atoms with Crippen LogP contribution in [0.2, 0.25) is 0 Å². The summed E-state index contributed by atoms with van der Waals surface area (Å²) in [6, 6.07) is 8.21. The summed E-state index contributed by atoms with van der Waals surface area (Å²) in [7, 11) is 0. The van der Waals surface area contributed by atoms with Crippen LogP contribution in [0.25, 0.3) is 5.69 Å². The first-order valence-corrected chi connectivity index (χ1v) is 6.42. The maximum Gasteiger partial charge on any atom is 0.215 e. The molecule has 0 aliphatic heterocycles. The summed E-state index contributed by atoms with van der Waals surface area (Å²) in [6.45, 7) is 5.87. The fourth-order valence-corrected chi connectivity index (χ4v) is 2.40. The average molecular weight is 259 g/mol. The van der Waals surface area contributed by atoms with E-state index in [0.717, 1.165) is 16.8 Å². The van der Waals surface area contributed by atoms with Crippen molar-refractivity contribution in [3.05, 3.63) is 29.3 Å². The Hall–Kier alpha value is -1.87. The Balaban J connectivity index is 2.47. The molecule has 92 valence electrons. The molecular formula is C12H13N5S. The summed E-state index contributed by atoms with van der Waals surface area (Å²) in [4.78, 5) is 0. The molecule has 0 saturated carbocycles. The molecular weight excluding hydrogens is 246 g/mol. The fourth-order valence-electron chi connectivity index (χ4n) is 1.72. The first kappa shape index (κ1) is 12.6. The maximum absolute atomic E-state index is 8.86. The number of rotatable bonds is 3. The van der Waals surface area contributed by atoms with Gasteiger partial charge >= 0.3 is 0 Å². The summed E-state index contributed by atoms with van der Waals surface area (Å²) in [5.74, 6) is 0. The van der Waals surface area contributed by atoms with Gasteiger partial charge in [0, 0.05) is 0 Å². The van der Waals surface area contributed by atoms with Crippen molar-refractivity contribution in [2.75, 3.05) is 0 Å². The lowest BCUT2D eigenvalue weighted by Crippen LogP contribution is -2.05. The van der Waals surface area contributed by atoms with Crippen LogP contribution in [0.4, 0.5) is 0 Å². The van der Waals surface area contributed by atoms with E-state index in [0.29, 0.717) is 5.16 Å². The smallest absolute Gasteiger partial charge is 0.197 e. The second kappa shape index (κ2) is 5.19. The van der Waals surface area contributed by atoms with Gasteiger partial charge in [-0.25, -0.2) is 0 Å². The maximum atomic E-state index is 8.86. The number of aromatic nitrogens is 4. The standard InChI is InChI=1S/C12H13N5S/c1-8-5-4-6-9(2)11(8)17-12(14-15-16-17)18-10(3)7-13/h4-6,10H,1-3H3/t10-/m1/s1. The van der Waals surface area contributed by atoms with Crippen LogP contribution in [-0.2, 0) is 0 Å². The molecule has 2 rings (SSSR count). The van der Waals surface area contributed by atoms with Gasteiger partial charge in [-0.15, -0.1) is 5.10 Å². The van der Waals surface area contributed by atoms with Crippen LogP contribution < -0.4 is 0 Å². The van der Waals surface area contributed by atoms with Crippen molar-refractivity contribution < 1.29 is 0 Å². The third-order valence-electron chi connectivity index (χ3n) is 2.56. The topological polar surface area (TPSA) is 67.4 Å². The van der Waals surface area contributed by atoms with E-state index >= 15 is 0 Å². The zero-order valence-corrected chi connectivity index (χ0v) is 11.3. The van der Waals surface area contributed by atoms with E-state index < -0.39 is 0 Å². The largest absolute Gasteiger partial charge is 0.215 e. The molecule has 0 aliphatic rings. The Kier molecular flexibility index (Phi) is 3.63. The highest BCUT2D eigenvalue weighted by Crippen LogP contribution is 2.25. The lowest BCUT2D eigenvalue weighted by molar-refractivity contribution is 0.747. The molecule has 0 radical (unpaired) electrons. The molecule has 0 amide bonds. The summed E-state index contributed by atoms with van der Waals surface area (Å²) < 4.78 is 1.70. The van der Waals surface area contributed by atoms with Crippen molar-refractivity contribution in [1.29, 1.82) is 5.26 Å². The monoisotopic (exact) mass is 259 g/mol. The minimum atomic E-state index is -0.181. The number of aryl methyl sites for hydroxylation is 2. The van der Waals surface area contributed by atoms with Crippen molar-refractivity contribution in [3.8, 4) is 11.8 Å². The van der Waals surface area contributed by atoms with Crippen molar-refractivity contribution >= 4 is 11.8 Å². The quantitative estimate of drug-likeness (QED) is 0.791. The summed E-state index contributed by atoms with van der Waals surface area (Å²) in [5, 5.41) is 21.0. The lowest BCUT2D eigenvalue weighted by Gasteiger charge is -2.10. The molecule has 0 bridgehead atoms. The molecule has 18 heavy (non-hydrogen) atoms. The number of para-hydroxylation sites is 1. The van der Waals surface area contributed by atoms with Crippen molar-refractivity contribution in [3.63, 3.8) is 0 Å². The number of benzene rings is 1. The molecule has 1 aromatic heterocycles. The third kappa shape index (κ3) is 2.36. The van der Waals surface area contributed by atoms with Gasteiger partial charge in [0.2, 0.25) is 5.16 Å².